The summed E-state index contributed by atoms with van der Waals surface area (Å²) in [7, 11) is 0. The van der Waals surface area contributed by atoms with Gasteiger partial charge in [0.15, 0.2) is 0 Å². The molecule has 3 fully saturated rings. The molecule has 2 amide bonds. The van der Waals surface area contributed by atoms with Gasteiger partial charge in [0.1, 0.15) is 0 Å². The average molecular weight is 412 g/mol. The number of likely N-dealkylation sites (tertiary alicyclic amines) is 1. The van der Waals surface area contributed by atoms with E-state index in [0.29, 0.717) is 35.8 Å². The molecule has 4 rings (SSSR count). The van der Waals surface area contributed by atoms with Gasteiger partial charge in [-0.1, -0.05) is 11.6 Å². The maximum Gasteiger partial charge on any atom is 0.253 e. The lowest BCUT2D eigenvalue weighted by Gasteiger charge is -2.35. The van der Waals surface area contributed by atoms with Crippen LogP contribution in [0.25, 0.3) is 0 Å². The minimum Gasteiger partial charge on any atom is -0.353 e. The first-order valence-electron chi connectivity index (χ1n) is 9.70. The summed E-state index contributed by atoms with van der Waals surface area (Å²) in [6, 6.07) is 8.37. The van der Waals surface area contributed by atoms with Crippen molar-refractivity contribution in [3.05, 3.63) is 34.9 Å². The Kier molecular flexibility index (Phi) is 6.66. The molecule has 0 aliphatic carbocycles. The summed E-state index contributed by atoms with van der Waals surface area (Å²) in [5.74, 6) is -0.00322. The van der Waals surface area contributed by atoms with Crippen LogP contribution in [-0.2, 0) is 4.79 Å². The number of fused-ring (bicyclic) bond motifs is 2. The zero-order valence-electron chi connectivity index (χ0n) is 15.3. The Labute approximate surface area is 171 Å². The van der Waals surface area contributed by atoms with Gasteiger partial charge in [-0.15, -0.1) is 12.4 Å². The zero-order chi connectivity index (χ0) is 18.1. The van der Waals surface area contributed by atoms with Crippen molar-refractivity contribution in [2.45, 2.75) is 56.7 Å². The van der Waals surface area contributed by atoms with Crippen molar-refractivity contribution >= 4 is 35.8 Å². The van der Waals surface area contributed by atoms with E-state index in [-0.39, 0.29) is 36.2 Å². The summed E-state index contributed by atoms with van der Waals surface area (Å²) in [6.07, 6.45) is 6.24. The summed E-state index contributed by atoms with van der Waals surface area (Å²) in [6.45, 7) is 1.22. The maximum absolute atomic E-state index is 12.8. The van der Waals surface area contributed by atoms with Gasteiger partial charge in [0.05, 0.1) is 5.92 Å². The molecule has 148 valence electrons. The van der Waals surface area contributed by atoms with E-state index in [4.69, 9.17) is 11.6 Å². The Morgan fingerprint density at radius 2 is 1.74 bits per heavy atom. The lowest BCUT2D eigenvalue weighted by molar-refractivity contribution is -0.127. The Hall–Kier alpha value is -1.30. The fourth-order valence-corrected chi connectivity index (χ4v) is 4.77. The van der Waals surface area contributed by atoms with Gasteiger partial charge < -0.3 is 15.5 Å². The smallest absolute Gasteiger partial charge is 0.253 e. The molecule has 27 heavy (non-hydrogen) atoms. The number of carbonyl (C=O) groups excluding carboxylic acids is 2. The van der Waals surface area contributed by atoms with Crippen LogP contribution < -0.4 is 10.6 Å². The minimum atomic E-state index is -0.104. The summed E-state index contributed by atoms with van der Waals surface area (Å²) in [5.41, 5.74) is 0.630. The monoisotopic (exact) mass is 411 g/mol. The van der Waals surface area contributed by atoms with Crippen molar-refractivity contribution in [2.24, 2.45) is 5.92 Å². The number of hydrogen-bond donors (Lipinski definition) is 2. The molecule has 3 heterocycles. The molecule has 5 nitrogen and oxygen atoms in total. The SMILES string of the molecule is Cl.O=C(NC1CC2CCC(C1)N2)C1CCCN(C(=O)c2ccc(Cl)cc2)C1. The van der Waals surface area contributed by atoms with E-state index in [1.165, 1.54) is 12.8 Å². The third-order valence-corrected chi connectivity index (χ3v) is 6.24. The number of nitrogens with zero attached hydrogens (tertiary/aromatic N) is 1. The Balaban J connectivity index is 0.00000210. The van der Waals surface area contributed by atoms with Crippen molar-refractivity contribution in [1.29, 1.82) is 0 Å². The molecule has 0 radical (unpaired) electrons. The quantitative estimate of drug-likeness (QED) is 0.803. The van der Waals surface area contributed by atoms with Crippen molar-refractivity contribution in [3.8, 4) is 0 Å². The summed E-state index contributed by atoms with van der Waals surface area (Å²) >= 11 is 5.90. The van der Waals surface area contributed by atoms with Gasteiger partial charge in [-0.25, -0.2) is 0 Å². The molecule has 3 saturated heterocycles. The van der Waals surface area contributed by atoms with Crippen molar-refractivity contribution in [3.63, 3.8) is 0 Å². The molecule has 7 heteroatoms. The van der Waals surface area contributed by atoms with Crippen molar-refractivity contribution in [1.82, 2.24) is 15.5 Å². The molecule has 0 saturated carbocycles. The standard InChI is InChI=1S/C20H26ClN3O2.ClH/c21-15-5-3-13(4-6-15)20(26)24-9-1-2-14(12-24)19(25)23-18-10-16-7-8-17(11-18)22-16;/h3-6,14,16-18,22H,1-2,7-12H2,(H,23,25);1H. The van der Waals surface area contributed by atoms with E-state index in [0.717, 1.165) is 25.7 Å². The van der Waals surface area contributed by atoms with Crippen molar-refractivity contribution < 1.29 is 9.59 Å². The number of halogens is 2. The maximum atomic E-state index is 12.8. The predicted molar refractivity (Wildman–Crippen MR) is 108 cm³/mol. The number of hydrogen-bond acceptors (Lipinski definition) is 3. The van der Waals surface area contributed by atoms with Gasteiger partial charge in [-0.05, 0) is 62.8 Å². The Morgan fingerprint density at radius 1 is 1.07 bits per heavy atom. The summed E-state index contributed by atoms with van der Waals surface area (Å²) in [4.78, 5) is 27.3. The molecular weight excluding hydrogens is 385 g/mol. The van der Waals surface area contributed by atoms with Crippen LogP contribution in [0.4, 0.5) is 0 Å². The molecule has 2 bridgehead atoms. The third-order valence-electron chi connectivity index (χ3n) is 5.99. The second-order valence-electron chi connectivity index (χ2n) is 7.91. The summed E-state index contributed by atoms with van der Waals surface area (Å²) in [5, 5.41) is 7.48. The lowest BCUT2D eigenvalue weighted by Crippen LogP contribution is -2.51. The molecule has 3 aliphatic rings. The van der Waals surface area contributed by atoms with Crippen LogP contribution in [0.2, 0.25) is 5.02 Å². The molecule has 2 N–H and O–H groups in total. The van der Waals surface area contributed by atoms with Crippen LogP contribution in [0.5, 0.6) is 0 Å². The molecule has 1 aromatic carbocycles. The van der Waals surface area contributed by atoms with E-state index in [9.17, 15) is 9.59 Å². The van der Waals surface area contributed by atoms with Gasteiger partial charge in [0, 0.05) is 41.8 Å². The fraction of sp³-hybridized carbons (Fsp3) is 0.600. The van der Waals surface area contributed by atoms with Crippen LogP contribution >= 0.6 is 24.0 Å². The largest absolute Gasteiger partial charge is 0.353 e. The second kappa shape index (κ2) is 8.80. The van der Waals surface area contributed by atoms with E-state index in [2.05, 4.69) is 10.6 Å². The highest BCUT2D eigenvalue weighted by Gasteiger charge is 2.36. The number of piperidine rings is 2. The molecule has 0 aromatic heterocycles. The van der Waals surface area contributed by atoms with E-state index >= 15 is 0 Å². The number of carbonyl (C=O) groups is 2. The molecule has 0 spiro atoms. The predicted octanol–water partition coefficient (Wildman–Crippen LogP) is 3.01. The van der Waals surface area contributed by atoms with Crippen molar-refractivity contribution in [2.75, 3.05) is 13.1 Å². The first-order valence-corrected chi connectivity index (χ1v) is 10.1. The fourth-order valence-electron chi connectivity index (χ4n) is 4.64. The van der Waals surface area contributed by atoms with Gasteiger partial charge in [0.2, 0.25) is 5.91 Å². The van der Waals surface area contributed by atoms with Crippen LogP contribution in [0.1, 0.15) is 48.9 Å². The van der Waals surface area contributed by atoms with Crippen LogP contribution in [0.3, 0.4) is 0 Å². The van der Waals surface area contributed by atoms with Gasteiger partial charge >= 0.3 is 0 Å². The topological polar surface area (TPSA) is 61.4 Å². The van der Waals surface area contributed by atoms with Gasteiger partial charge in [-0.3, -0.25) is 9.59 Å². The van der Waals surface area contributed by atoms with Gasteiger partial charge in [0.25, 0.3) is 5.91 Å². The number of nitrogens with one attached hydrogen (secondary N) is 2. The number of rotatable bonds is 3. The summed E-state index contributed by atoms with van der Waals surface area (Å²) < 4.78 is 0. The van der Waals surface area contributed by atoms with Gasteiger partial charge in [-0.2, -0.15) is 0 Å². The molecule has 3 aliphatic heterocycles. The highest BCUT2D eigenvalue weighted by atomic mass is 35.5. The zero-order valence-corrected chi connectivity index (χ0v) is 16.9. The van der Waals surface area contributed by atoms with E-state index in [1.54, 1.807) is 24.3 Å². The van der Waals surface area contributed by atoms with Crippen LogP contribution in [-0.4, -0.2) is 47.9 Å². The lowest BCUT2D eigenvalue weighted by atomic mass is 9.94. The van der Waals surface area contributed by atoms with Crippen LogP contribution in [0.15, 0.2) is 24.3 Å². The normalized spacial score (nSPS) is 29.7. The minimum absolute atomic E-state index is 0. The first kappa shape index (κ1) is 20.4. The molecule has 3 atom stereocenters. The average Bonchev–Trinajstić information content (AvgIpc) is 3.00. The van der Waals surface area contributed by atoms with E-state index < -0.39 is 0 Å². The van der Waals surface area contributed by atoms with E-state index in [1.807, 2.05) is 4.90 Å². The number of benzene rings is 1. The second-order valence-corrected chi connectivity index (χ2v) is 8.35. The number of amides is 2. The van der Waals surface area contributed by atoms with Crippen LogP contribution in [0, 0.1) is 5.92 Å². The highest BCUT2D eigenvalue weighted by Crippen LogP contribution is 2.27. The molecule has 1 aromatic rings. The highest BCUT2D eigenvalue weighted by molar-refractivity contribution is 6.30. The Morgan fingerprint density at radius 3 is 2.41 bits per heavy atom. The Bertz CT molecular complexity index is 670. The molecular formula is C20H27Cl2N3O2. The first-order chi connectivity index (χ1) is 12.6. The molecule has 3 unspecified atom stereocenters. The third kappa shape index (κ3) is 4.76.